The molecule has 2 N–H and O–H groups in total. The van der Waals surface area contributed by atoms with E-state index >= 15 is 0 Å². The summed E-state index contributed by atoms with van der Waals surface area (Å²) in [6, 6.07) is 9.42. The molecule has 146 valence electrons. The van der Waals surface area contributed by atoms with E-state index in [2.05, 4.69) is 32.4 Å². The van der Waals surface area contributed by atoms with Crippen LogP contribution in [0.25, 0.3) is 11.1 Å². The molecule has 2 aromatic heterocycles. The van der Waals surface area contributed by atoms with E-state index in [1.807, 2.05) is 18.2 Å². The van der Waals surface area contributed by atoms with E-state index < -0.39 is 0 Å². The lowest BCUT2D eigenvalue weighted by Crippen LogP contribution is -2.42. The fourth-order valence-corrected chi connectivity index (χ4v) is 3.36. The lowest BCUT2D eigenvalue weighted by atomic mass is 10.3. The summed E-state index contributed by atoms with van der Waals surface area (Å²) in [6.07, 6.45) is 4.03. The standard InChI is InChI=1S/C20H23N5O3/c1-3-25(18-5-4-9-23-18)20-24-15-7-6-13(12-17(15)28-20)27-14-8-10-22-16(11-14)19(26)21-2/h6-8,10-12,18,23H,3-5,9H2,1-2H3,(H,21,26). The molecule has 8 nitrogen and oxygen atoms in total. The van der Waals surface area contributed by atoms with E-state index in [9.17, 15) is 4.79 Å². The molecule has 1 amide bonds. The van der Waals surface area contributed by atoms with Gasteiger partial charge in [-0.25, -0.2) is 0 Å². The Hall–Kier alpha value is -3.13. The largest absolute Gasteiger partial charge is 0.457 e. The Morgan fingerprint density at radius 2 is 2.21 bits per heavy atom. The molecule has 0 bridgehead atoms. The first-order valence-electron chi connectivity index (χ1n) is 9.44. The van der Waals surface area contributed by atoms with Crippen LogP contribution in [0.15, 0.2) is 40.9 Å². The van der Waals surface area contributed by atoms with Gasteiger partial charge in [0.1, 0.15) is 22.7 Å². The average molecular weight is 381 g/mol. The van der Waals surface area contributed by atoms with Crippen molar-refractivity contribution in [1.82, 2.24) is 20.6 Å². The normalized spacial score (nSPS) is 16.3. The molecule has 1 fully saturated rings. The molecule has 1 aromatic carbocycles. The number of fused-ring (bicyclic) bond motifs is 1. The number of aromatic nitrogens is 2. The molecular weight excluding hydrogens is 358 g/mol. The number of oxazole rings is 1. The van der Waals surface area contributed by atoms with Gasteiger partial charge >= 0.3 is 0 Å². The maximum Gasteiger partial charge on any atom is 0.299 e. The highest BCUT2D eigenvalue weighted by Crippen LogP contribution is 2.30. The molecule has 8 heteroatoms. The number of nitrogens with zero attached hydrogens (tertiary/aromatic N) is 3. The molecule has 0 aliphatic carbocycles. The summed E-state index contributed by atoms with van der Waals surface area (Å²) in [6.45, 7) is 3.92. The Bertz CT molecular complexity index is 981. The van der Waals surface area contributed by atoms with E-state index in [-0.39, 0.29) is 12.1 Å². The molecule has 3 heterocycles. The monoisotopic (exact) mass is 381 g/mol. The Labute approximate surface area is 162 Å². The van der Waals surface area contributed by atoms with Crippen molar-refractivity contribution < 1.29 is 13.9 Å². The lowest BCUT2D eigenvalue weighted by Gasteiger charge is -2.25. The van der Waals surface area contributed by atoms with Crippen molar-refractivity contribution in [3.05, 3.63) is 42.2 Å². The van der Waals surface area contributed by atoms with Crippen molar-refractivity contribution in [2.45, 2.75) is 25.9 Å². The topological polar surface area (TPSA) is 92.5 Å². The predicted molar refractivity (Wildman–Crippen MR) is 106 cm³/mol. The van der Waals surface area contributed by atoms with Gasteiger partial charge in [-0.2, -0.15) is 4.98 Å². The second-order valence-electron chi connectivity index (χ2n) is 6.58. The SMILES string of the molecule is CCN(c1nc2ccc(Oc3ccnc(C(=O)NC)c3)cc2o1)C1CCCN1. The lowest BCUT2D eigenvalue weighted by molar-refractivity contribution is 0.0958. The summed E-state index contributed by atoms with van der Waals surface area (Å²) in [5, 5.41) is 6.02. The minimum absolute atomic E-state index is 0.258. The summed E-state index contributed by atoms with van der Waals surface area (Å²) < 4.78 is 11.9. The van der Waals surface area contributed by atoms with E-state index in [1.165, 1.54) is 0 Å². The number of hydrogen-bond acceptors (Lipinski definition) is 7. The van der Waals surface area contributed by atoms with Crippen LogP contribution in [0.3, 0.4) is 0 Å². The zero-order valence-electron chi connectivity index (χ0n) is 15.9. The molecule has 28 heavy (non-hydrogen) atoms. The molecular formula is C20H23N5O3. The third-order valence-corrected chi connectivity index (χ3v) is 4.77. The van der Waals surface area contributed by atoms with E-state index in [1.54, 1.807) is 25.4 Å². The first-order valence-corrected chi connectivity index (χ1v) is 9.44. The van der Waals surface area contributed by atoms with Crippen LogP contribution in [-0.2, 0) is 0 Å². The number of ether oxygens (including phenoxy) is 1. The fourth-order valence-electron chi connectivity index (χ4n) is 3.36. The molecule has 1 aliphatic heterocycles. The van der Waals surface area contributed by atoms with Gasteiger partial charge in [0.2, 0.25) is 0 Å². The summed E-state index contributed by atoms with van der Waals surface area (Å²) in [5.41, 5.74) is 1.73. The van der Waals surface area contributed by atoms with Crippen molar-refractivity contribution in [2.24, 2.45) is 0 Å². The van der Waals surface area contributed by atoms with Gasteiger partial charge in [0, 0.05) is 31.9 Å². The molecule has 3 aromatic rings. The Morgan fingerprint density at radius 3 is 2.96 bits per heavy atom. The van der Waals surface area contributed by atoms with Gasteiger partial charge in [0.25, 0.3) is 11.9 Å². The first kappa shape index (κ1) is 18.2. The molecule has 1 saturated heterocycles. The highest BCUT2D eigenvalue weighted by molar-refractivity contribution is 5.92. The number of nitrogens with one attached hydrogen (secondary N) is 2. The van der Waals surface area contributed by atoms with Crippen LogP contribution in [0, 0.1) is 0 Å². The molecule has 1 aliphatic rings. The molecule has 0 spiro atoms. The van der Waals surface area contributed by atoms with Crippen molar-refractivity contribution in [3.8, 4) is 11.5 Å². The number of anilines is 1. The fraction of sp³-hybridized carbons (Fsp3) is 0.350. The van der Waals surface area contributed by atoms with E-state index in [0.29, 0.717) is 28.8 Å². The van der Waals surface area contributed by atoms with Crippen molar-refractivity contribution >= 4 is 23.0 Å². The highest BCUT2D eigenvalue weighted by atomic mass is 16.5. The number of carbonyl (C=O) groups excluding carboxylic acids is 1. The van der Waals surface area contributed by atoms with Gasteiger partial charge in [-0.15, -0.1) is 0 Å². The summed E-state index contributed by atoms with van der Waals surface area (Å²) >= 11 is 0. The molecule has 0 radical (unpaired) electrons. The van der Waals surface area contributed by atoms with Gasteiger partial charge in [-0.3, -0.25) is 15.1 Å². The molecule has 1 atom stereocenters. The Kier molecular flexibility index (Phi) is 5.12. The van der Waals surface area contributed by atoms with E-state index in [0.717, 1.165) is 31.4 Å². The zero-order chi connectivity index (χ0) is 19.5. The molecule has 4 rings (SSSR count). The zero-order valence-corrected chi connectivity index (χ0v) is 15.9. The first-order chi connectivity index (χ1) is 13.7. The van der Waals surface area contributed by atoms with Gasteiger partial charge < -0.3 is 19.4 Å². The minimum Gasteiger partial charge on any atom is -0.457 e. The second kappa shape index (κ2) is 7.85. The summed E-state index contributed by atoms with van der Waals surface area (Å²) in [4.78, 5) is 22.5. The highest BCUT2D eigenvalue weighted by Gasteiger charge is 2.24. The number of rotatable bonds is 6. The third kappa shape index (κ3) is 3.63. The van der Waals surface area contributed by atoms with Crippen molar-refractivity contribution in [2.75, 3.05) is 25.0 Å². The van der Waals surface area contributed by atoms with Crippen molar-refractivity contribution in [1.29, 1.82) is 0 Å². The maximum absolute atomic E-state index is 11.7. The third-order valence-electron chi connectivity index (χ3n) is 4.77. The second-order valence-corrected chi connectivity index (χ2v) is 6.58. The van der Waals surface area contributed by atoms with Crippen LogP contribution in [0.2, 0.25) is 0 Å². The Morgan fingerprint density at radius 1 is 1.36 bits per heavy atom. The predicted octanol–water partition coefficient (Wildman–Crippen LogP) is 2.91. The van der Waals surface area contributed by atoms with Crippen LogP contribution in [0.4, 0.5) is 6.01 Å². The van der Waals surface area contributed by atoms with Crippen LogP contribution in [0.1, 0.15) is 30.3 Å². The number of carbonyl (C=O) groups is 1. The number of hydrogen-bond donors (Lipinski definition) is 2. The molecule has 0 saturated carbocycles. The average Bonchev–Trinajstić information content (AvgIpc) is 3.38. The minimum atomic E-state index is -0.263. The van der Waals surface area contributed by atoms with Crippen LogP contribution >= 0.6 is 0 Å². The summed E-state index contributed by atoms with van der Waals surface area (Å²) in [7, 11) is 1.56. The number of benzene rings is 1. The van der Waals surface area contributed by atoms with Gasteiger partial charge in [0.05, 0.1) is 6.17 Å². The van der Waals surface area contributed by atoms with E-state index in [4.69, 9.17) is 9.15 Å². The van der Waals surface area contributed by atoms with Crippen LogP contribution in [0.5, 0.6) is 11.5 Å². The summed E-state index contributed by atoms with van der Waals surface area (Å²) in [5.74, 6) is 0.866. The van der Waals surface area contributed by atoms with Gasteiger partial charge in [-0.05, 0) is 44.5 Å². The smallest absolute Gasteiger partial charge is 0.299 e. The quantitative estimate of drug-likeness (QED) is 0.678. The number of pyridine rings is 1. The van der Waals surface area contributed by atoms with Crippen LogP contribution < -0.4 is 20.3 Å². The number of amides is 1. The van der Waals surface area contributed by atoms with Gasteiger partial charge in [0.15, 0.2) is 5.58 Å². The molecule has 1 unspecified atom stereocenters. The Balaban J connectivity index is 1.57. The maximum atomic E-state index is 11.7. The van der Waals surface area contributed by atoms with Gasteiger partial charge in [-0.1, -0.05) is 0 Å². The van der Waals surface area contributed by atoms with Crippen LogP contribution in [-0.4, -0.2) is 42.2 Å². The van der Waals surface area contributed by atoms with Crippen molar-refractivity contribution in [3.63, 3.8) is 0 Å².